The number of halogens is 1. The van der Waals surface area contributed by atoms with Crippen LogP contribution in [-0.4, -0.2) is 16.2 Å². The molecule has 0 spiro atoms. The molecule has 0 bridgehead atoms. The quantitative estimate of drug-likeness (QED) is 0.789. The zero-order valence-corrected chi connectivity index (χ0v) is 9.06. The maximum atomic E-state index is 12.8. The molecule has 2 aromatic rings. The van der Waals surface area contributed by atoms with E-state index in [2.05, 4.69) is 4.98 Å². The Morgan fingerprint density at radius 1 is 1.44 bits per heavy atom. The fraction of sp³-hybridized carbons (Fsp3) is 0.250. The van der Waals surface area contributed by atoms with Crippen LogP contribution in [0, 0.1) is 5.82 Å². The van der Waals surface area contributed by atoms with Crippen molar-refractivity contribution in [1.29, 1.82) is 0 Å². The second-order valence-electron chi connectivity index (χ2n) is 3.51. The van der Waals surface area contributed by atoms with Crippen molar-refractivity contribution in [3.63, 3.8) is 0 Å². The molecule has 0 atom stereocenters. The highest BCUT2D eigenvalue weighted by Crippen LogP contribution is 2.12. The maximum absolute atomic E-state index is 12.8. The molecule has 0 aliphatic carbocycles. The molecule has 0 N–H and O–H groups in total. The van der Waals surface area contributed by atoms with Crippen molar-refractivity contribution >= 4 is 0 Å². The predicted octanol–water partition coefficient (Wildman–Crippen LogP) is 2.18. The Hall–Kier alpha value is -1.84. The number of imidazole rings is 1. The van der Waals surface area contributed by atoms with Crippen molar-refractivity contribution in [2.75, 3.05) is 6.61 Å². The first-order chi connectivity index (χ1) is 7.75. The lowest BCUT2D eigenvalue weighted by molar-refractivity contribution is 0.316. The maximum Gasteiger partial charge on any atom is 0.126 e. The van der Waals surface area contributed by atoms with Crippen molar-refractivity contribution < 1.29 is 9.13 Å². The van der Waals surface area contributed by atoms with Crippen LogP contribution in [-0.2, 0) is 13.5 Å². The van der Waals surface area contributed by atoms with E-state index in [1.807, 2.05) is 17.8 Å². The lowest BCUT2D eigenvalue weighted by Gasteiger charge is -2.05. The highest BCUT2D eigenvalue weighted by molar-refractivity contribution is 5.22. The Morgan fingerprint density at radius 3 is 3.00 bits per heavy atom. The molecule has 1 aromatic carbocycles. The Balaban J connectivity index is 1.87. The van der Waals surface area contributed by atoms with Crippen LogP contribution in [0.25, 0.3) is 0 Å². The van der Waals surface area contributed by atoms with Gasteiger partial charge in [-0.05, 0) is 12.1 Å². The Morgan fingerprint density at radius 2 is 2.31 bits per heavy atom. The van der Waals surface area contributed by atoms with Crippen molar-refractivity contribution in [3.8, 4) is 5.75 Å². The minimum Gasteiger partial charge on any atom is -0.493 e. The van der Waals surface area contributed by atoms with Gasteiger partial charge in [-0.3, -0.25) is 0 Å². The number of aromatic nitrogens is 2. The minimum atomic E-state index is -0.283. The monoisotopic (exact) mass is 220 g/mol. The van der Waals surface area contributed by atoms with Crippen LogP contribution >= 0.6 is 0 Å². The molecule has 3 nitrogen and oxygen atoms in total. The summed E-state index contributed by atoms with van der Waals surface area (Å²) in [5, 5.41) is 0. The van der Waals surface area contributed by atoms with Crippen LogP contribution in [0.1, 0.15) is 5.82 Å². The number of ether oxygens (including phenoxy) is 1. The van der Waals surface area contributed by atoms with E-state index < -0.39 is 0 Å². The molecule has 1 aromatic heterocycles. The van der Waals surface area contributed by atoms with Gasteiger partial charge < -0.3 is 9.30 Å². The fourth-order valence-corrected chi connectivity index (χ4v) is 1.45. The highest BCUT2D eigenvalue weighted by Gasteiger charge is 2.00. The van der Waals surface area contributed by atoms with E-state index >= 15 is 0 Å². The zero-order valence-electron chi connectivity index (χ0n) is 9.06. The average molecular weight is 220 g/mol. The van der Waals surface area contributed by atoms with Gasteiger partial charge in [-0.15, -0.1) is 0 Å². The second-order valence-corrected chi connectivity index (χ2v) is 3.51. The van der Waals surface area contributed by atoms with Gasteiger partial charge in [-0.1, -0.05) is 6.07 Å². The van der Waals surface area contributed by atoms with Gasteiger partial charge in [0.1, 0.15) is 17.4 Å². The molecule has 0 saturated carbocycles. The van der Waals surface area contributed by atoms with Gasteiger partial charge in [0.05, 0.1) is 6.61 Å². The Labute approximate surface area is 93.5 Å². The second kappa shape index (κ2) is 4.79. The van der Waals surface area contributed by atoms with E-state index in [1.54, 1.807) is 18.3 Å². The molecule has 0 saturated heterocycles. The SMILES string of the molecule is Cn1ccnc1CCOc1cccc(F)c1. The third kappa shape index (κ3) is 2.59. The third-order valence-corrected chi connectivity index (χ3v) is 2.31. The summed E-state index contributed by atoms with van der Waals surface area (Å²) in [6, 6.07) is 6.14. The summed E-state index contributed by atoms with van der Waals surface area (Å²) in [6.07, 6.45) is 4.34. The minimum absolute atomic E-state index is 0.283. The van der Waals surface area contributed by atoms with Gasteiger partial charge in [0, 0.05) is 31.9 Å². The summed E-state index contributed by atoms with van der Waals surface area (Å²) in [6.45, 7) is 0.494. The van der Waals surface area contributed by atoms with Gasteiger partial charge in [-0.2, -0.15) is 0 Å². The predicted molar refractivity (Wildman–Crippen MR) is 58.8 cm³/mol. The molecule has 16 heavy (non-hydrogen) atoms. The first kappa shape index (κ1) is 10.7. The van der Waals surface area contributed by atoms with Crippen molar-refractivity contribution in [1.82, 2.24) is 9.55 Å². The van der Waals surface area contributed by atoms with Gasteiger partial charge >= 0.3 is 0 Å². The van der Waals surface area contributed by atoms with E-state index in [-0.39, 0.29) is 5.82 Å². The smallest absolute Gasteiger partial charge is 0.126 e. The normalized spacial score (nSPS) is 10.4. The van der Waals surface area contributed by atoms with Crippen LogP contribution in [0.4, 0.5) is 4.39 Å². The van der Waals surface area contributed by atoms with Gasteiger partial charge in [0.15, 0.2) is 0 Å². The largest absolute Gasteiger partial charge is 0.493 e. The zero-order chi connectivity index (χ0) is 11.4. The van der Waals surface area contributed by atoms with Crippen LogP contribution in [0.5, 0.6) is 5.75 Å². The molecule has 0 fully saturated rings. The van der Waals surface area contributed by atoms with Crippen LogP contribution < -0.4 is 4.74 Å². The van der Waals surface area contributed by atoms with E-state index in [0.29, 0.717) is 18.8 Å². The molecule has 0 radical (unpaired) electrons. The van der Waals surface area contributed by atoms with Gasteiger partial charge in [0.25, 0.3) is 0 Å². The molecule has 2 rings (SSSR count). The van der Waals surface area contributed by atoms with Crippen LogP contribution in [0.3, 0.4) is 0 Å². The van der Waals surface area contributed by atoms with Crippen molar-refractivity contribution in [2.45, 2.75) is 6.42 Å². The van der Waals surface area contributed by atoms with Gasteiger partial charge in [-0.25, -0.2) is 9.37 Å². The van der Waals surface area contributed by atoms with Crippen molar-refractivity contribution in [2.24, 2.45) is 7.05 Å². The molecule has 0 unspecified atom stereocenters. The Bertz CT molecular complexity index is 468. The summed E-state index contributed by atoms with van der Waals surface area (Å²) in [4.78, 5) is 4.17. The van der Waals surface area contributed by atoms with Crippen molar-refractivity contribution in [3.05, 3.63) is 48.3 Å². The molecule has 0 aliphatic heterocycles. The summed E-state index contributed by atoms with van der Waals surface area (Å²) in [5.41, 5.74) is 0. The molecule has 84 valence electrons. The van der Waals surface area contributed by atoms with E-state index in [0.717, 1.165) is 5.82 Å². The van der Waals surface area contributed by atoms with E-state index in [1.165, 1.54) is 12.1 Å². The third-order valence-electron chi connectivity index (χ3n) is 2.31. The van der Waals surface area contributed by atoms with Gasteiger partial charge in [0.2, 0.25) is 0 Å². The lowest BCUT2D eigenvalue weighted by atomic mass is 10.3. The molecule has 0 aliphatic rings. The molecule has 4 heteroatoms. The number of benzene rings is 1. The number of nitrogens with zero attached hydrogens (tertiary/aromatic N) is 2. The summed E-state index contributed by atoms with van der Waals surface area (Å²) in [5.74, 6) is 1.22. The van der Waals surface area contributed by atoms with E-state index in [9.17, 15) is 4.39 Å². The number of hydrogen-bond donors (Lipinski definition) is 0. The van der Waals surface area contributed by atoms with Crippen LogP contribution in [0.2, 0.25) is 0 Å². The average Bonchev–Trinajstić information content (AvgIpc) is 2.65. The molecular formula is C12H13FN2O. The first-order valence-electron chi connectivity index (χ1n) is 5.10. The summed E-state index contributed by atoms with van der Waals surface area (Å²) >= 11 is 0. The van der Waals surface area contributed by atoms with E-state index in [4.69, 9.17) is 4.74 Å². The molecule has 0 amide bonds. The number of hydrogen-bond acceptors (Lipinski definition) is 2. The lowest BCUT2D eigenvalue weighted by Crippen LogP contribution is -2.06. The molecule has 1 heterocycles. The standard InChI is InChI=1S/C12H13FN2O/c1-15-7-6-14-12(15)5-8-16-11-4-2-3-10(13)9-11/h2-4,6-7,9H,5,8H2,1H3. The van der Waals surface area contributed by atoms with Crippen LogP contribution in [0.15, 0.2) is 36.7 Å². The summed E-state index contributed by atoms with van der Waals surface area (Å²) in [7, 11) is 1.94. The molecular weight excluding hydrogens is 207 g/mol. The first-order valence-corrected chi connectivity index (χ1v) is 5.10. The fourth-order valence-electron chi connectivity index (χ4n) is 1.45. The number of aryl methyl sites for hydroxylation is 1. The highest BCUT2D eigenvalue weighted by atomic mass is 19.1. The summed E-state index contributed by atoms with van der Waals surface area (Å²) < 4.78 is 20.2. The number of rotatable bonds is 4. The Kier molecular flexibility index (Phi) is 3.19. The topological polar surface area (TPSA) is 27.1 Å².